The maximum absolute atomic E-state index is 12.4. The molecule has 28 heavy (non-hydrogen) atoms. The lowest BCUT2D eigenvalue weighted by Gasteiger charge is -2.42. The fourth-order valence-electron chi connectivity index (χ4n) is 3.82. The number of imidazole rings is 1. The van der Waals surface area contributed by atoms with Crippen molar-refractivity contribution >= 4 is 17.1 Å². The average molecular weight is 381 g/mol. The van der Waals surface area contributed by atoms with Gasteiger partial charge in [0.15, 0.2) is 5.65 Å². The maximum atomic E-state index is 12.4. The lowest BCUT2D eigenvalue weighted by molar-refractivity contribution is -0.121. The molecule has 0 unspecified atom stereocenters. The average Bonchev–Trinajstić information content (AvgIpc) is 3.10. The third kappa shape index (κ3) is 3.26. The summed E-state index contributed by atoms with van der Waals surface area (Å²) in [6, 6.07) is 10.3. The van der Waals surface area contributed by atoms with Crippen molar-refractivity contribution in [3.05, 3.63) is 62.6 Å². The minimum absolute atomic E-state index is 0.0435. The van der Waals surface area contributed by atoms with E-state index in [1.54, 1.807) is 7.05 Å². The number of nitrogens with one attached hydrogen (secondary N) is 3. The van der Waals surface area contributed by atoms with Crippen LogP contribution in [0.25, 0.3) is 11.2 Å². The number of nitrogens with zero attached hydrogens (tertiary/aromatic N) is 2. The van der Waals surface area contributed by atoms with E-state index in [-0.39, 0.29) is 23.3 Å². The topological polar surface area (TPSA) is 113 Å². The predicted octanol–water partition coefficient (Wildman–Crippen LogP) is 1.12. The molecular formula is C20H23N5O3. The molecular weight excluding hydrogens is 358 g/mol. The van der Waals surface area contributed by atoms with Crippen molar-refractivity contribution in [2.45, 2.75) is 37.5 Å². The van der Waals surface area contributed by atoms with Crippen LogP contribution in [0.3, 0.4) is 0 Å². The molecule has 0 aliphatic heterocycles. The molecule has 8 heteroatoms. The Hall–Kier alpha value is -3.16. The molecule has 2 heterocycles. The van der Waals surface area contributed by atoms with E-state index in [0.29, 0.717) is 24.4 Å². The van der Waals surface area contributed by atoms with E-state index in [1.165, 1.54) is 16.6 Å². The standard InChI is InChI=1S/C20H23N5O3/c1-25-17-16(18(27)24-19(25)28)22-14(23-17)8-9-15(26)21-12-20(10-5-11-20)13-6-3-2-4-7-13/h2-4,6-7H,5,8-12H2,1H3,(H,21,26)(H,22,23)(H,24,27,28). The van der Waals surface area contributed by atoms with Crippen LogP contribution < -0.4 is 16.6 Å². The van der Waals surface area contributed by atoms with Gasteiger partial charge in [0.25, 0.3) is 5.56 Å². The number of carbonyl (C=O) groups is 1. The van der Waals surface area contributed by atoms with Crippen LogP contribution in [0.5, 0.6) is 0 Å². The highest BCUT2D eigenvalue weighted by atomic mass is 16.2. The molecule has 1 aliphatic rings. The van der Waals surface area contributed by atoms with Crippen molar-refractivity contribution < 1.29 is 4.79 Å². The highest BCUT2D eigenvalue weighted by molar-refractivity contribution is 5.76. The van der Waals surface area contributed by atoms with E-state index < -0.39 is 11.2 Å². The summed E-state index contributed by atoms with van der Waals surface area (Å²) in [7, 11) is 1.54. The molecule has 146 valence electrons. The first-order valence-electron chi connectivity index (χ1n) is 9.49. The van der Waals surface area contributed by atoms with E-state index in [0.717, 1.165) is 12.8 Å². The van der Waals surface area contributed by atoms with Gasteiger partial charge >= 0.3 is 5.69 Å². The molecule has 0 saturated heterocycles. The summed E-state index contributed by atoms with van der Waals surface area (Å²) in [5, 5.41) is 3.06. The molecule has 4 rings (SSSR count). The van der Waals surface area contributed by atoms with Crippen LogP contribution in [0.1, 0.15) is 37.1 Å². The van der Waals surface area contributed by atoms with Gasteiger partial charge in [-0.15, -0.1) is 0 Å². The monoisotopic (exact) mass is 381 g/mol. The van der Waals surface area contributed by atoms with Crippen LogP contribution in [-0.4, -0.2) is 32.0 Å². The van der Waals surface area contributed by atoms with Crippen molar-refractivity contribution in [3.8, 4) is 0 Å². The van der Waals surface area contributed by atoms with Gasteiger partial charge in [0, 0.05) is 31.8 Å². The maximum Gasteiger partial charge on any atom is 0.329 e. The summed E-state index contributed by atoms with van der Waals surface area (Å²) in [6.45, 7) is 0.629. The first-order valence-corrected chi connectivity index (χ1v) is 9.49. The van der Waals surface area contributed by atoms with Crippen molar-refractivity contribution in [2.24, 2.45) is 7.05 Å². The minimum Gasteiger partial charge on any atom is -0.355 e. The first-order chi connectivity index (χ1) is 13.5. The summed E-state index contributed by atoms with van der Waals surface area (Å²) >= 11 is 0. The molecule has 2 aromatic heterocycles. The van der Waals surface area contributed by atoms with Gasteiger partial charge in [-0.2, -0.15) is 0 Å². The largest absolute Gasteiger partial charge is 0.355 e. The Balaban J connectivity index is 1.39. The Labute approximate surface area is 161 Å². The molecule has 3 N–H and O–H groups in total. The molecule has 0 radical (unpaired) electrons. The van der Waals surface area contributed by atoms with Crippen molar-refractivity contribution in [3.63, 3.8) is 0 Å². The van der Waals surface area contributed by atoms with Crippen LogP contribution >= 0.6 is 0 Å². The highest BCUT2D eigenvalue weighted by Crippen LogP contribution is 2.43. The van der Waals surface area contributed by atoms with E-state index in [1.807, 2.05) is 18.2 Å². The summed E-state index contributed by atoms with van der Waals surface area (Å²) in [4.78, 5) is 45.3. The summed E-state index contributed by atoms with van der Waals surface area (Å²) in [6.07, 6.45) is 3.97. The van der Waals surface area contributed by atoms with Gasteiger partial charge in [-0.05, 0) is 18.4 Å². The third-order valence-corrected chi connectivity index (χ3v) is 5.71. The highest BCUT2D eigenvalue weighted by Gasteiger charge is 2.38. The molecule has 8 nitrogen and oxygen atoms in total. The number of benzene rings is 1. The molecule has 0 bridgehead atoms. The SMILES string of the molecule is Cn1c(=O)[nH]c(=O)c2[nH]c(CCC(=O)NCC3(c4ccccc4)CCC3)nc21. The van der Waals surface area contributed by atoms with Gasteiger partial charge in [-0.3, -0.25) is 19.1 Å². The zero-order valence-corrected chi connectivity index (χ0v) is 15.7. The van der Waals surface area contributed by atoms with E-state index in [2.05, 4.69) is 32.4 Å². The van der Waals surface area contributed by atoms with E-state index >= 15 is 0 Å². The first kappa shape index (κ1) is 18.2. The molecule has 1 saturated carbocycles. The van der Waals surface area contributed by atoms with Crippen LogP contribution in [0.4, 0.5) is 0 Å². The van der Waals surface area contributed by atoms with Crippen LogP contribution in [0.2, 0.25) is 0 Å². The number of hydrogen-bond acceptors (Lipinski definition) is 4. The molecule has 1 aromatic carbocycles. The van der Waals surface area contributed by atoms with Gasteiger partial charge in [0.1, 0.15) is 11.3 Å². The van der Waals surface area contributed by atoms with Crippen molar-refractivity contribution in [1.29, 1.82) is 0 Å². The van der Waals surface area contributed by atoms with Crippen LogP contribution in [-0.2, 0) is 23.7 Å². The second kappa shape index (κ2) is 7.10. The second-order valence-corrected chi connectivity index (χ2v) is 7.48. The number of H-pyrrole nitrogens is 2. The number of rotatable bonds is 6. The predicted molar refractivity (Wildman–Crippen MR) is 105 cm³/mol. The van der Waals surface area contributed by atoms with Crippen LogP contribution in [0, 0.1) is 0 Å². The van der Waals surface area contributed by atoms with E-state index in [9.17, 15) is 14.4 Å². The second-order valence-electron chi connectivity index (χ2n) is 7.48. The Kier molecular flexibility index (Phi) is 4.62. The summed E-state index contributed by atoms with van der Waals surface area (Å²) < 4.78 is 1.27. The fraction of sp³-hybridized carbons (Fsp3) is 0.400. The number of amides is 1. The Morgan fingerprint density at radius 1 is 1.21 bits per heavy atom. The molecule has 3 aromatic rings. The Bertz CT molecular complexity index is 1120. The summed E-state index contributed by atoms with van der Waals surface area (Å²) in [5.41, 5.74) is 0.841. The fourth-order valence-corrected chi connectivity index (χ4v) is 3.82. The molecule has 0 spiro atoms. The number of aromatic amines is 2. The number of aromatic nitrogens is 4. The number of hydrogen-bond donors (Lipinski definition) is 3. The molecule has 0 atom stereocenters. The van der Waals surface area contributed by atoms with Gasteiger partial charge in [0.2, 0.25) is 5.91 Å². The molecule has 1 amide bonds. The zero-order chi connectivity index (χ0) is 19.7. The van der Waals surface area contributed by atoms with Gasteiger partial charge in [-0.25, -0.2) is 9.78 Å². The lowest BCUT2D eigenvalue weighted by atomic mass is 9.64. The number of fused-ring (bicyclic) bond motifs is 1. The molecule has 1 aliphatic carbocycles. The third-order valence-electron chi connectivity index (χ3n) is 5.71. The van der Waals surface area contributed by atoms with Gasteiger partial charge in [0.05, 0.1) is 0 Å². The lowest BCUT2D eigenvalue weighted by Crippen LogP contribution is -2.45. The number of carbonyl (C=O) groups excluding carboxylic acids is 1. The summed E-state index contributed by atoms with van der Waals surface area (Å²) in [5.74, 6) is 0.462. The quantitative estimate of drug-likeness (QED) is 0.594. The van der Waals surface area contributed by atoms with Gasteiger partial charge < -0.3 is 10.3 Å². The van der Waals surface area contributed by atoms with Gasteiger partial charge in [-0.1, -0.05) is 36.8 Å². The Morgan fingerprint density at radius 2 is 1.96 bits per heavy atom. The smallest absolute Gasteiger partial charge is 0.329 e. The zero-order valence-electron chi connectivity index (χ0n) is 15.7. The number of aryl methyl sites for hydroxylation is 2. The molecule has 1 fully saturated rings. The van der Waals surface area contributed by atoms with Crippen molar-refractivity contribution in [2.75, 3.05) is 6.54 Å². The van der Waals surface area contributed by atoms with Crippen molar-refractivity contribution in [1.82, 2.24) is 24.8 Å². The van der Waals surface area contributed by atoms with Crippen LogP contribution in [0.15, 0.2) is 39.9 Å². The normalized spacial score (nSPS) is 15.3. The minimum atomic E-state index is -0.514. The van der Waals surface area contributed by atoms with E-state index in [4.69, 9.17) is 0 Å². The Morgan fingerprint density at radius 3 is 2.64 bits per heavy atom.